The van der Waals surface area contributed by atoms with E-state index in [2.05, 4.69) is 20.5 Å². The van der Waals surface area contributed by atoms with Gasteiger partial charge in [-0.1, -0.05) is 0 Å². The molecule has 2 aromatic heterocycles. The molecule has 2 N–H and O–H groups in total. The number of nitrogens with one attached hydrogen (secondary N) is 1. The Morgan fingerprint density at radius 3 is 2.96 bits per heavy atom. The van der Waals surface area contributed by atoms with E-state index in [0.29, 0.717) is 5.75 Å². The molecule has 2 heterocycles. The van der Waals surface area contributed by atoms with Crippen molar-refractivity contribution < 1.29 is 9.84 Å². The maximum atomic E-state index is 9.68. The Hall–Kier alpha value is -2.67. The normalized spacial score (nSPS) is 13.9. The van der Waals surface area contributed by atoms with Crippen molar-refractivity contribution in [2.75, 3.05) is 12.5 Å². The Bertz CT molecular complexity index is 997. The first-order valence-electron chi connectivity index (χ1n) is 8.60. The molecule has 0 amide bonds. The summed E-state index contributed by atoms with van der Waals surface area (Å²) >= 11 is 1.78. The van der Waals surface area contributed by atoms with Crippen LogP contribution < -0.4 is 10.2 Å². The van der Waals surface area contributed by atoms with Crippen LogP contribution in [0, 0.1) is 6.92 Å². The zero-order valence-electron chi connectivity index (χ0n) is 14.7. The van der Waals surface area contributed by atoms with E-state index in [0.717, 1.165) is 40.3 Å². The van der Waals surface area contributed by atoms with Crippen LogP contribution in [0.25, 0.3) is 10.2 Å². The van der Waals surface area contributed by atoms with Crippen LogP contribution in [0.3, 0.4) is 0 Å². The van der Waals surface area contributed by atoms with Gasteiger partial charge >= 0.3 is 0 Å². The molecule has 0 spiro atoms. The van der Waals surface area contributed by atoms with Crippen LogP contribution in [0.15, 0.2) is 23.3 Å². The molecule has 0 fully saturated rings. The number of hydrogen-bond acceptors (Lipinski definition) is 7. The van der Waals surface area contributed by atoms with Gasteiger partial charge in [-0.25, -0.2) is 9.97 Å². The summed E-state index contributed by atoms with van der Waals surface area (Å²) in [5.74, 6) is 2.02. The van der Waals surface area contributed by atoms with E-state index in [1.165, 1.54) is 30.4 Å². The summed E-state index contributed by atoms with van der Waals surface area (Å²) in [5, 5.41) is 15.1. The predicted molar refractivity (Wildman–Crippen MR) is 105 cm³/mol. The molecule has 0 saturated heterocycles. The number of aryl methyl sites for hydroxylation is 3. The third kappa shape index (κ3) is 3.10. The molecule has 1 aromatic carbocycles. The van der Waals surface area contributed by atoms with E-state index >= 15 is 0 Å². The number of phenols is 1. The Morgan fingerprint density at radius 2 is 2.12 bits per heavy atom. The highest BCUT2D eigenvalue weighted by Crippen LogP contribution is 2.38. The second-order valence-corrected chi connectivity index (χ2v) is 7.40. The molecule has 1 aliphatic rings. The second-order valence-electron chi connectivity index (χ2n) is 6.31. The molecule has 0 unspecified atom stereocenters. The zero-order valence-corrected chi connectivity index (χ0v) is 15.6. The molecule has 4 rings (SSSR count). The molecule has 0 saturated carbocycles. The van der Waals surface area contributed by atoms with Crippen molar-refractivity contribution >= 4 is 33.6 Å². The molecule has 134 valence electrons. The molecule has 3 aromatic rings. The Morgan fingerprint density at radius 1 is 1.27 bits per heavy atom. The van der Waals surface area contributed by atoms with Gasteiger partial charge < -0.3 is 9.84 Å². The molecule has 0 radical (unpaired) electrons. The van der Waals surface area contributed by atoms with Crippen LogP contribution in [-0.2, 0) is 12.8 Å². The maximum Gasteiger partial charge on any atom is 0.161 e. The highest BCUT2D eigenvalue weighted by Gasteiger charge is 2.20. The number of hydrazone groups is 1. The summed E-state index contributed by atoms with van der Waals surface area (Å²) in [4.78, 5) is 11.6. The minimum atomic E-state index is 0.107. The van der Waals surface area contributed by atoms with E-state index in [9.17, 15) is 5.11 Å². The van der Waals surface area contributed by atoms with Gasteiger partial charge in [0, 0.05) is 4.88 Å². The molecule has 0 bridgehead atoms. The maximum absolute atomic E-state index is 9.68. The number of aromatic hydroxyl groups is 1. The van der Waals surface area contributed by atoms with Gasteiger partial charge in [-0.2, -0.15) is 5.10 Å². The number of phenolic OH excluding ortho intramolecular Hbond substituents is 1. The quantitative estimate of drug-likeness (QED) is 0.537. The predicted octanol–water partition coefficient (Wildman–Crippen LogP) is 4.04. The summed E-state index contributed by atoms with van der Waals surface area (Å²) in [7, 11) is 1.52. The molecule has 7 heteroatoms. The standard InChI is InChI=1S/C19H20N4O2S/c1-11-21-18(17-13-5-3-4-6-16(13)26-19(17)22-11)23-20-10-12-7-8-14(24)15(9-12)25-2/h7-10,24H,3-6H2,1-2H3,(H,21,22,23). The average Bonchev–Trinajstić information content (AvgIpc) is 3.01. The molecule has 1 aliphatic carbocycles. The zero-order chi connectivity index (χ0) is 18.1. The monoisotopic (exact) mass is 368 g/mol. The van der Waals surface area contributed by atoms with Crippen LogP contribution in [0.5, 0.6) is 11.5 Å². The molecule has 26 heavy (non-hydrogen) atoms. The number of fused-ring (bicyclic) bond motifs is 3. The number of ether oxygens (including phenoxy) is 1. The Balaban J connectivity index is 1.66. The van der Waals surface area contributed by atoms with Gasteiger partial charge in [0.15, 0.2) is 17.3 Å². The number of benzene rings is 1. The van der Waals surface area contributed by atoms with Crippen molar-refractivity contribution in [3.63, 3.8) is 0 Å². The molecular weight excluding hydrogens is 348 g/mol. The lowest BCUT2D eigenvalue weighted by Gasteiger charge is -2.11. The van der Waals surface area contributed by atoms with Gasteiger partial charge in [0.25, 0.3) is 0 Å². The van der Waals surface area contributed by atoms with Crippen LogP contribution in [0.4, 0.5) is 5.82 Å². The first-order chi connectivity index (χ1) is 12.7. The van der Waals surface area contributed by atoms with Crippen molar-refractivity contribution in [3.05, 3.63) is 40.0 Å². The average molecular weight is 368 g/mol. The third-order valence-corrected chi connectivity index (χ3v) is 5.70. The number of nitrogens with zero attached hydrogens (tertiary/aromatic N) is 3. The van der Waals surface area contributed by atoms with E-state index < -0.39 is 0 Å². The first kappa shape index (κ1) is 16.8. The van der Waals surface area contributed by atoms with Gasteiger partial charge in [-0.3, -0.25) is 5.43 Å². The van der Waals surface area contributed by atoms with Crippen LogP contribution >= 0.6 is 11.3 Å². The van der Waals surface area contributed by atoms with Crippen LogP contribution in [0.1, 0.15) is 34.7 Å². The van der Waals surface area contributed by atoms with Crippen molar-refractivity contribution in [3.8, 4) is 11.5 Å². The Labute approximate surface area is 155 Å². The van der Waals surface area contributed by atoms with Crippen molar-refractivity contribution in [2.24, 2.45) is 5.10 Å². The van der Waals surface area contributed by atoms with Gasteiger partial charge in [0.05, 0.1) is 18.7 Å². The minimum Gasteiger partial charge on any atom is -0.504 e. The smallest absolute Gasteiger partial charge is 0.161 e. The van der Waals surface area contributed by atoms with E-state index in [4.69, 9.17) is 4.74 Å². The number of hydrogen-bond donors (Lipinski definition) is 2. The number of methoxy groups -OCH3 is 1. The number of rotatable bonds is 4. The summed E-state index contributed by atoms with van der Waals surface area (Å²) in [6, 6.07) is 5.09. The summed E-state index contributed by atoms with van der Waals surface area (Å²) in [6.45, 7) is 1.90. The minimum absolute atomic E-state index is 0.107. The second kappa shape index (κ2) is 6.92. The van der Waals surface area contributed by atoms with Crippen LogP contribution in [-0.4, -0.2) is 28.4 Å². The largest absolute Gasteiger partial charge is 0.504 e. The third-order valence-electron chi connectivity index (χ3n) is 4.51. The first-order valence-corrected chi connectivity index (χ1v) is 9.42. The fourth-order valence-corrected chi connectivity index (χ4v) is 4.59. The Kier molecular flexibility index (Phi) is 4.46. The highest BCUT2D eigenvalue weighted by molar-refractivity contribution is 7.19. The van der Waals surface area contributed by atoms with E-state index in [1.807, 2.05) is 6.92 Å². The summed E-state index contributed by atoms with van der Waals surface area (Å²) in [6.07, 6.45) is 6.35. The highest BCUT2D eigenvalue weighted by atomic mass is 32.1. The molecule has 0 atom stereocenters. The SMILES string of the molecule is COc1cc(C=NNc2nc(C)nc3sc4c(c23)CCCC4)ccc1O. The van der Waals surface area contributed by atoms with Gasteiger partial charge in [0.1, 0.15) is 10.7 Å². The summed E-state index contributed by atoms with van der Waals surface area (Å²) in [5.41, 5.74) is 5.28. The fraction of sp³-hybridized carbons (Fsp3) is 0.316. The lowest BCUT2D eigenvalue weighted by atomic mass is 9.97. The van der Waals surface area contributed by atoms with Gasteiger partial charge in [-0.15, -0.1) is 11.3 Å². The van der Waals surface area contributed by atoms with Gasteiger partial charge in [-0.05, 0) is 61.9 Å². The molecule has 6 nitrogen and oxygen atoms in total. The van der Waals surface area contributed by atoms with Crippen molar-refractivity contribution in [1.82, 2.24) is 9.97 Å². The number of aromatic nitrogens is 2. The summed E-state index contributed by atoms with van der Waals surface area (Å²) < 4.78 is 5.12. The fourth-order valence-electron chi connectivity index (χ4n) is 3.29. The van der Waals surface area contributed by atoms with Crippen molar-refractivity contribution in [1.29, 1.82) is 0 Å². The van der Waals surface area contributed by atoms with Gasteiger partial charge in [0.2, 0.25) is 0 Å². The topological polar surface area (TPSA) is 79.6 Å². The lowest BCUT2D eigenvalue weighted by Crippen LogP contribution is -2.02. The number of thiophene rings is 1. The van der Waals surface area contributed by atoms with Crippen LogP contribution in [0.2, 0.25) is 0 Å². The lowest BCUT2D eigenvalue weighted by molar-refractivity contribution is 0.373. The molecule has 0 aliphatic heterocycles. The van der Waals surface area contributed by atoms with Crippen molar-refractivity contribution in [2.45, 2.75) is 32.6 Å². The molecular formula is C19H20N4O2S. The number of anilines is 1. The van der Waals surface area contributed by atoms with E-state index in [1.54, 1.807) is 35.8 Å². The van der Waals surface area contributed by atoms with E-state index in [-0.39, 0.29) is 5.75 Å².